The largest absolute Gasteiger partial charge is 0.302 e. The lowest BCUT2D eigenvalue weighted by Crippen LogP contribution is -2.28. The van der Waals surface area contributed by atoms with E-state index in [0.29, 0.717) is 0 Å². The first-order chi connectivity index (χ1) is 6.51. The first-order valence-electron chi connectivity index (χ1n) is 5.13. The van der Waals surface area contributed by atoms with Crippen LogP contribution >= 0.6 is 0 Å². The van der Waals surface area contributed by atoms with Crippen molar-refractivity contribution in [1.29, 1.82) is 0 Å². The fourth-order valence-electron chi connectivity index (χ4n) is 1.00. The molecule has 1 atom stereocenters. The van der Waals surface area contributed by atoms with Gasteiger partial charge in [0.1, 0.15) is 5.78 Å². The molecule has 1 N–H and O–H groups in total. The van der Waals surface area contributed by atoms with E-state index in [4.69, 9.17) is 0 Å². The summed E-state index contributed by atoms with van der Waals surface area (Å²) in [4.78, 5) is 10.5. The molecular formula is C10H21F2NO. The first-order valence-corrected chi connectivity index (χ1v) is 5.13. The number of hydrogen-bond donors (Lipinski definition) is 1. The van der Waals surface area contributed by atoms with E-state index in [1.807, 2.05) is 27.7 Å². The van der Waals surface area contributed by atoms with E-state index >= 15 is 0 Å². The summed E-state index contributed by atoms with van der Waals surface area (Å²) in [6.45, 7) is 8.95. The zero-order valence-corrected chi connectivity index (χ0v) is 9.66. The van der Waals surface area contributed by atoms with Gasteiger partial charge in [0.2, 0.25) is 0 Å². The summed E-state index contributed by atoms with van der Waals surface area (Å²) in [7, 11) is 0. The summed E-state index contributed by atoms with van der Waals surface area (Å²) in [5.41, 5.74) is 0. The van der Waals surface area contributed by atoms with Crippen molar-refractivity contribution in [3.05, 3.63) is 0 Å². The van der Waals surface area contributed by atoms with Crippen molar-refractivity contribution >= 4 is 5.78 Å². The highest BCUT2D eigenvalue weighted by atomic mass is 19.3. The monoisotopic (exact) mass is 209 g/mol. The van der Waals surface area contributed by atoms with Gasteiger partial charge in [-0.15, -0.1) is 0 Å². The molecule has 1 aliphatic heterocycles. The number of ketones is 1. The second kappa shape index (κ2) is 7.85. The van der Waals surface area contributed by atoms with Crippen molar-refractivity contribution in [2.24, 2.45) is 0 Å². The third-order valence-electron chi connectivity index (χ3n) is 1.60. The van der Waals surface area contributed by atoms with Gasteiger partial charge in [0.25, 0.3) is 5.92 Å². The van der Waals surface area contributed by atoms with E-state index in [1.54, 1.807) is 0 Å². The van der Waals surface area contributed by atoms with Crippen LogP contribution in [0.4, 0.5) is 8.78 Å². The predicted octanol–water partition coefficient (Wildman–Crippen LogP) is 2.63. The van der Waals surface area contributed by atoms with Crippen LogP contribution in [0.3, 0.4) is 0 Å². The molecule has 0 aromatic carbocycles. The summed E-state index contributed by atoms with van der Waals surface area (Å²) in [6.07, 6.45) is -0.345. The third-order valence-corrected chi connectivity index (χ3v) is 1.60. The van der Waals surface area contributed by atoms with Gasteiger partial charge < -0.3 is 5.32 Å². The lowest BCUT2D eigenvalue weighted by molar-refractivity contribution is -0.119. The zero-order valence-electron chi connectivity index (χ0n) is 9.66. The summed E-state index contributed by atoms with van der Waals surface area (Å²) in [5, 5.41) is 2.45. The SMILES string of the molecule is CC.CC.CC(=O)[C@@H]1CC(F)(F)CN1. The number of alkyl halides is 2. The molecule has 1 fully saturated rings. The number of carbonyl (C=O) groups excluding carboxylic acids is 1. The fourth-order valence-corrected chi connectivity index (χ4v) is 1.00. The van der Waals surface area contributed by atoms with E-state index in [9.17, 15) is 13.6 Å². The van der Waals surface area contributed by atoms with Crippen molar-refractivity contribution in [2.75, 3.05) is 6.54 Å². The lowest BCUT2D eigenvalue weighted by atomic mass is 10.1. The molecule has 1 rings (SSSR count). The van der Waals surface area contributed by atoms with Crippen molar-refractivity contribution in [1.82, 2.24) is 5.32 Å². The number of halogens is 2. The molecule has 14 heavy (non-hydrogen) atoms. The number of hydrogen-bond acceptors (Lipinski definition) is 2. The summed E-state index contributed by atoms with van der Waals surface area (Å²) in [6, 6.07) is -0.630. The summed E-state index contributed by atoms with van der Waals surface area (Å²) < 4.78 is 24.7. The molecule has 4 heteroatoms. The Bertz CT molecular complexity index is 160. The molecule has 1 heterocycles. The predicted molar refractivity (Wildman–Crippen MR) is 54.7 cm³/mol. The minimum absolute atomic E-state index is 0.211. The zero-order chi connectivity index (χ0) is 11.8. The molecule has 0 amide bonds. The lowest BCUT2D eigenvalue weighted by Gasteiger charge is -2.04. The molecule has 0 spiro atoms. The minimum atomic E-state index is -2.68. The molecule has 0 aromatic rings. The smallest absolute Gasteiger partial charge is 0.262 e. The van der Waals surface area contributed by atoms with Crippen LogP contribution in [0.15, 0.2) is 0 Å². The normalized spacial score (nSPS) is 22.6. The van der Waals surface area contributed by atoms with Gasteiger partial charge in [-0.1, -0.05) is 27.7 Å². The molecule has 0 bridgehead atoms. The van der Waals surface area contributed by atoms with E-state index < -0.39 is 12.0 Å². The van der Waals surface area contributed by atoms with Gasteiger partial charge in [0.15, 0.2) is 0 Å². The topological polar surface area (TPSA) is 29.1 Å². The number of rotatable bonds is 1. The Morgan fingerprint density at radius 2 is 1.71 bits per heavy atom. The first kappa shape index (κ1) is 15.9. The Balaban J connectivity index is 0. The van der Waals surface area contributed by atoms with Crippen LogP contribution in [-0.2, 0) is 4.79 Å². The van der Waals surface area contributed by atoms with Gasteiger partial charge >= 0.3 is 0 Å². The molecule has 0 aromatic heterocycles. The highest BCUT2D eigenvalue weighted by Gasteiger charge is 2.40. The average Bonchev–Trinajstić information content (AvgIpc) is 2.53. The highest BCUT2D eigenvalue weighted by molar-refractivity contribution is 5.81. The number of Topliss-reactive ketones (excluding diaryl/α,β-unsaturated/α-hetero) is 1. The second-order valence-electron chi connectivity index (χ2n) is 2.60. The fraction of sp³-hybridized carbons (Fsp3) is 0.900. The quantitative estimate of drug-likeness (QED) is 0.719. The Labute approximate surface area is 85.1 Å². The van der Waals surface area contributed by atoms with Crippen LogP contribution in [0.1, 0.15) is 41.0 Å². The van der Waals surface area contributed by atoms with Crippen molar-refractivity contribution in [3.8, 4) is 0 Å². The van der Waals surface area contributed by atoms with E-state index in [0.717, 1.165) is 0 Å². The maximum absolute atomic E-state index is 12.3. The van der Waals surface area contributed by atoms with E-state index in [1.165, 1.54) is 6.92 Å². The molecule has 1 saturated heterocycles. The standard InChI is InChI=1S/C6H9F2NO.2C2H6/c1-4(10)5-2-6(7,8)3-9-5;2*1-2/h5,9H,2-3H2,1H3;2*1-2H3/t5-;;/m0../s1. The average molecular weight is 209 g/mol. The van der Waals surface area contributed by atoms with Crippen LogP contribution < -0.4 is 5.32 Å². The van der Waals surface area contributed by atoms with Crippen molar-refractivity contribution < 1.29 is 13.6 Å². The van der Waals surface area contributed by atoms with Gasteiger partial charge in [-0.05, 0) is 6.92 Å². The number of nitrogens with one attached hydrogen (secondary N) is 1. The maximum atomic E-state index is 12.3. The molecule has 86 valence electrons. The van der Waals surface area contributed by atoms with Crippen LogP contribution in [0.2, 0.25) is 0 Å². The number of carbonyl (C=O) groups is 1. The van der Waals surface area contributed by atoms with Crippen LogP contribution in [0.5, 0.6) is 0 Å². The maximum Gasteiger partial charge on any atom is 0.262 e. The van der Waals surface area contributed by atoms with E-state index in [-0.39, 0.29) is 18.7 Å². The Kier molecular flexibility index (Phi) is 8.94. The van der Waals surface area contributed by atoms with Crippen LogP contribution in [0, 0.1) is 0 Å². The van der Waals surface area contributed by atoms with Crippen molar-refractivity contribution in [3.63, 3.8) is 0 Å². The molecular weight excluding hydrogens is 188 g/mol. The molecule has 1 aliphatic rings. The van der Waals surface area contributed by atoms with Gasteiger partial charge in [-0.25, -0.2) is 8.78 Å². The van der Waals surface area contributed by atoms with Gasteiger partial charge in [0, 0.05) is 6.42 Å². The Hall–Kier alpha value is -0.510. The third kappa shape index (κ3) is 6.02. The van der Waals surface area contributed by atoms with Gasteiger partial charge in [-0.2, -0.15) is 0 Å². The van der Waals surface area contributed by atoms with Crippen LogP contribution in [0.25, 0.3) is 0 Å². The molecule has 2 nitrogen and oxygen atoms in total. The van der Waals surface area contributed by atoms with Crippen LogP contribution in [-0.4, -0.2) is 24.3 Å². The summed E-state index contributed by atoms with van der Waals surface area (Å²) in [5.74, 6) is -2.90. The van der Waals surface area contributed by atoms with E-state index in [2.05, 4.69) is 5.32 Å². The second-order valence-corrected chi connectivity index (χ2v) is 2.60. The van der Waals surface area contributed by atoms with Gasteiger partial charge in [-0.3, -0.25) is 4.79 Å². The van der Waals surface area contributed by atoms with Gasteiger partial charge in [0.05, 0.1) is 12.6 Å². The molecule has 0 saturated carbocycles. The molecule has 0 unspecified atom stereocenters. The minimum Gasteiger partial charge on any atom is -0.302 e. The van der Waals surface area contributed by atoms with Crippen molar-refractivity contribution in [2.45, 2.75) is 53.0 Å². The molecule has 0 aliphatic carbocycles. The Morgan fingerprint density at radius 3 is 1.86 bits per heavy atom. The molecule has 0 radical (unpaired) electrons. The summed E-state index contributed by atoms with van der Waals surface area (Å²) >= 11 is 0. The Morgan fingerprint density at radius 1 is 1.29 bits per heavy atom. The highest BCUT2D eigenvalue weighted by Crippen LogP contribution is 2.25.